The molecule has 0 aromatic heterocycles. The molecule has 1 atom stereocenters. The van der Waals surface area contributed by atoms with E-state index in [1.807, 2.05) is 0 Å². The van der Waals surface area contributed by atoms with Crippen LogP contribution in [0.3, 0.4) is 0 Å². The number of hydrogen-bond acceptors (Lipinski definition) is 4. The summed E-state index contributed by atoms with van der Waals surface area (Å²) < 4.78 is 11.2. The maximum absolute atomic E-state index is 12.2. The van der Waals surface area contributed by atoms with Gasteiger partial charge in [-0.25, -0.2) is 0 Å². The molecule has 4 heteroatoms. The van der Waals surface area contributed by atoms with E-state index in [1.54, 1.807) is 0 Å². The Balaban J connectivity index is 3.38. The van der Waals surface area contributed by atoms with Crippen LogP contribution in [0.4, 0.5) is 0 Å². The summed E-state index contributed by atoms with van der Waals surface area (Å²) >= 11 is 0. The highest BCUT2D eigenvalue weighted by Crippen LogP contribution is 2.15. The zero-order chi connectivity index (χ0) is 39.1. The molecule has 0 saturated heterocycles. The molecule has 0 bridgehead atoms. The van der Waals surface area contributed by atoms with Crippen molar-refractivity contribution in [2.45, 2.75) is 258 Å². The molecule has 0 aliphatic heterocycles. The maximum Gasteiger partial charge on any atom is 0.306 e. The Kier molecular flexibility index (Phi) is 46.5. The van der Waals surface area contributed by atoms with Crippen LogP contribution in [-0.4, -0.2) is 37.0 Å². The van der Waals surface area contributed by atoms with Gasteiger partial charge in [-0.3, -0.25) is 4.79 Å². The molecule has 0 aromatic rings. The van der Waals surface area contributed by atoms with Gasteiger partial charge in [0.25, 0.3) is 0 Å². The lowest BCUT2D eigenvalue weighted by Gasteiger charge is -2.15. The number of unbranched alkanes of at least 4 members (excludes halogenated alkanes) is 31. The van der Waals surface area contributed by atoms with Gasteiger partial charge in [0.05, 0.1) is 13.2 Å². The number of allylic oxidation sites excluding steroid dienone is 6. The van der Waals surface area contributed by atoms with Gasteiger partial charge in [-0.15, -0.1) is 0 Å². The lowest BCUT2D eigenvalue weighted by atomic mass is 10.0. The van der Waals surface area contributed by atoms with Crippen LogP contribution in [0.5, 0.6) is 0 Å². The summed E-state index contributed by atoms with van der Waals surface area (Å²) in [6.45, 7) is 5.34. The number of esters is 1. The van der Waals surface area contributed by atoms with Crippen molar-refractivity contribution in [2.24, 2.45) is 0 Å². The van der Waals surface area contributed by atoms with Crippen molar-refractivity contribution in [3.05, 3.63) is 36.5 Å². The van der Waals surface area contributed by atoms with Gasteiger partial charge in [0, 0.05) is 13.0 Å². The van der Waals surface area contributed by atoms with E-state index in [4.69, 9.17) is 9.47 Å². The number of carbonyl (C=O) groups is 1. The second kappa shape index (κ2) is 47.8. The zero-order valence-electron chi connectivity index (χ0n) is 36.5. The fraction of sp³-hybridized carbons (Fsp3) is 0.860. The number of carbonyl (C=O) groups excluding carboxylic acids is 1. The van der Waals surface area contributed by atoms with Crippen molar-refractivity contribution in [3.8, 4) is 0 Å². The second-order valence-electron chi connectivity index (χ2n) is 16.2. The number of aliphatic hydroxyl groups is 1. The van der Waals surface area contributed by atoms with Crippen LogP contribution in [0.25, 0.3) is 0 Å². The smallest absolute Gasteiger partial charge is 0.306 e. The molecule has 54 heavy (non-hydrogen) atoms. The van der Waals surface area contributed by atoms with Crippen molar-refractivity contribution < 1.29 is 19.4 Å². The minimum atomic E-state index is -0.540. The van der Waals surface area contributed by atoms with E-state index in [-0.39, 0.29) is 12.6 Å². The highest BCUT2D eigenvalue weighted by atomic mass is 16.6. The minimum Gasteiger partial charge on any atom is -0.457 e. The Hall–Kier alpha value is -1.39. The summed E-state index contributed by atoms with van der Waals surface area (Å²) in [5.74, 6) is -0.211. The molecule has 0 fully saturated rings. The molecule has 318 valence electrons. The van der Waals surface area contributed by atoms with Crippen LogP contribution in [0.2, 0.25) is 0 Å². The summed E-state index contributed by atoms with van der Waals surface area (Å²) in [5.41, 5.74) is 0. The lowest BCUT2D eigenvalue weighted by molar-refractivity contribution is -0.154. The van der Waals surface area contributed by atoms with Crippen LogP contribution < -0.4 is 0 Å². The van der Waals surface area contributed by atoms with E-state index >= 15 is 0 Å². The molecular weight excluding hydrogens is 665 g/mol. The van der Waals surface area contributed by atoms with Gasteiger partial charge in [-0.2, -0.15) is 0 Å². The van der Waals surface area contributed by atoms with Crippen molar-refractivity contribution in [1.82, 2.24) is 0 Å². The molecule has 0 rings (SSSR count). The Labute approximate surface area is 338 Å². The SMILES string of the molecule is CCCCCC/C=C\C/C=C\CCCCCCCC(=O)OC(CO)COCCCCCCCCCCCCCCCC/C=C\CCCCCCCCCC. The molecule has 0 radical (unpaired) electrons. The van der Waals surface area contributed by atoms with Crippen LogP contribution in [0.15, 0.2) is 36.5 Å². The lowest BCUT2D eigenvalue weighted by Crippen LogP contribution is -2.27. The molecule has 0 amide bonds. The largest absolute Gasteiger partial charge is 0.457 e. The number of hydrogen-bond donors (Lipinski definition) is 1. The molecule has 1 N–H and O–H groups in total. The molecule has 4 nitrogen and oxygen atoms in total. The van der Waals surface area contributed by atoms with E-state index in [2.05, 4.69) is 50.3 Å². The first-order valence-corrected chi connectivity index (χ1v) is 24.1. The third-order valence-electron chi connectivity index (χ3n) is 10.7. The Morgan fingerprint density at radius 1 is 0.444 bits per heavy atom. The molecule has 0 aliphatic rings. The summed E-state index contributed by atoms with van der Waals surface area (Å²) in [7, 11) is 0. The van der Waals surface area contributed by atoms with Crippen LogP contribution in [-0.2, 0) is 14.3 Å². The monoisotopic (exact) mass is 759 g/mol. The number of rotatable bonds is 45. The average molecular weight is 759 g/mol. The average Bonchev–Trinajstić information content (AvgIpc) is 3.18. The van der Waals surface area contributed by atoms with Gasteiger partial charge in [0.2, 0.25) is 0 Å². The van der Waals surface area contributed by atoms with Crippen LogP contribution in [0, 0.1) is 0 Å². The van der Waals surface area contributed by atoms with Crippen molar-refractivity contribution in [1.29, 1.82) is 0 Å². The third-order valence-corrected chi connectivity index (χ3v) is 10.7. The standard InChI is InChI=1S/C50H94O4/c1-3-5-7-9-11-13-15-17-19-21-22-23-24-25-26-27-28-29-30-32-34-36-38-40-42-44-46-53-48-49(47-51)54-50(52)45-43-41-39-37-35-33-31-20-18-16-14-12-10-8-6-4-2/h14,16,20-22,31,49,51H,3-13,15,17-19,23-30,32-48H2,1-2H3/b16-14-,22-21-,31-20-. The van der Waals surface area contributed by atoms with Crippen molar-refractivity contribution >= 4 is 5.97 Å². The first-order valence-electron chi connectivity index (χ1n) is 24.1. The first kappa shape index (κ1) is 52.6. The summed E-state index contributed by atoms with van der Waals surface area (Å²) in [4.78, 5) is 12.2. The van der Waals surface area contributed by atoms with Crippen molar-refractivity contribution in [3.63, 3.8) is 0 Å². The van der Waals surface area contributed by atoms with Crippen LogP contribution >= 0.6 is 0 Å². The quantitative estimate of drug-likeness (QED) is 0.0382. The molecule has 1 unspecified atom stereocenters. The molecule has 0 spiro atoms. The van der Waals surface area contributed by atoms with E-state index in [0.717, 1.165) is 38.5 Å². The minimum absolute atomic E-state index is 0.175. The van der Waals surface area contributed by atoms with E-state index in [0.29, 0.717) is 19.6 Å². The highest BCUT2D eigenvalue weighted by Gasteiger charge is 2.13. The first-order chi connectivity index (χ1) is 26.7. The summed E-state index contributed by atoms with van der Waals surface area (Å²) in [6.07, 6.45) is 60.9. The third kappa shape index (κ3) is 45.0. The van der Waals surface area contributed by atoms with Crippen molar-refractivity contribution in [2.75, 3.05) is 19.8 Å². The van der Waals surface area contributed by atoms with Gasteiger partial charge in [-0.1, -0.05) is 211 Å². The van der Waals surface area contributed by atoms with Gasteiger partial charge in [0.15, 0.2) is 0 Å². The van der Waals surface area contributed by atoms with E-state index < -0.39 is 6.10 Å². The van der Waals surface area contributed by atoms with E-state index in [1.165, 1.54) is 193 Å². The normalized spacial score (nSPS) is 12.6. The van der Waals surface area contributed by atoms with Gasteiger partial charge < -0.3 is 14.6 Å². The molecule has 0 aromatic carbocycles. The van der Waals surface area contributed by atoms with Crippen LogP contribution in [0.1, 0.15) is 251 Å². The zero-order valence-corrected chi connectivity index (χ0v) is 36.5. The fourth-order valence-electron chi connectivity index (χ4n) is 7.06. The Bertz CT molecular complexity index is 802. The molecule has 0 saturated carbocycles. The predicted molar refractivity (Wildman–Crippen MR) is 237 cm³/mol. The fourth-order valence-corrected chi connectivity index (χ4v) is 7.06. The molecular formula is C50H94O4. The molecule has 0 heterocycles. The second-order valence-corrected chi connectivity index (χ2v) is 16.2. The molecule has 0 aliphatic carbocycles. The summed E-state index contributed by atoms with van der Waals surface area (Å²) in [5, 5.41) is 9.62. The Morgan fingerprint density at radius 3 is 1.19 bits per heavy atom. The highest BCUT2D eigenvalue weighted by molar-refractivity contribution is 5.69. The number of aliphatic hydroxyl groups excluding tert-OH is 1. The van der Waals surface area contributed by atoms with E-state index in [9.17, 15) is 9.90 Å². The van der Waals surface area contributed by atoms with Gasteiger partial charge in [0.1, 0.15) is 6.10 Å². The van der Waals surface area contributed by atoms with Gasteiger partial charge >= 0.3 is 5.97 Å². The number of ether oxygens (including phenoxy) is 2. The predicted octanol–water partition coefficient (Wildman–Crippen LogP) is 16.0. The summed E-state index contributed by atoms with van der Waals surface area (Å²) in [6, 6.07) is 0. The maximum atomic E-state index is 12.2. The topological polar surface area (TPSA) is 55.8 Å². The van der Waals surface area contributed by atoms with Gasteiger partial charge in [-0.05, 0) is 70.6 Å². The Morgan fingerprint density at radius 2 is 0.778 bits per heavy atom.